The lowest BCUT2D eigenvalue weighted by Gasteiger charge is -2.19. The number of methoxy groups -OCH3 is 1. The molecule has 0 unspecified atom stereocenters. The summed E-state index contributed by atoms with van der Waals surface area (Å²) in [6.45, 7) is 22.8. The van der Waals surface area contributed by atoms with Crippen LogP contribution in [-0.4, -0.2) is 31.4 Å². The third-order valence-corrected chi connectivity index (χ3v) is 5.23. The van der Waals surface area contributed by atoms with Crippen molar-refractivity contribution in [3.05, 3.63) is 12.7 Å². The van der Waals surface area contributed by atoms with Crippen molar-refractivity contribution in [2.45, 2.75) is 155 Å². The second-order valence-corrected chi connectivity index (χ2v) is 8.65. The van der Waals surface area contributed by atoms with E-state index in [1.54, 1.807) is 13.0 Å². The lowest BCUT2D eigenvalue weighted by molar-refractivity contribution is -0.153. The van der Waals surface area contributed by atoms with E-state index in [0.717, 1.165) is 19.3 Å². The van der Waals surface area contributed by atoms with Crippen LogP contribution >= 0.6 is 0 Å². The molecule has 0 N–H and O–H groups in total. The molecule has 0 aliphatic rings. The van der Waals surface area contributed by atoms with E-state index in [1.807, 2.05) is 62.3 Å². The van der Waals surface area contributed by atoms with Gasteiger partial charge in [-0.2, -0.15) is 0 Å². The van der Waals surface area contributed by atoms with Crippen LogP contribution in [0.3, 0.4) is 0 Å². The number of ketones is 1. The van der Waals surface area contributed by atoms with Crippen LogP contribution in [0, 0.1) is 16.2 Å². The number of Topliss-reactive ketones (excluding diaryl/α,β-unsaturated/α-hetero) is 1. The summed E-state index contributed by atoms with van der Waals surface area (Å²) in [5, 5.41) is 0. The number of hydrogen-bond acceptors (Lipinski definition) is 5. The van der Waals surface area contributed by atoms with Gasteiger partial charge in [0.2, 0.25) is 0 Å². The maximum atomic E-state index is 11.2. The highest BCUT2D eigenvalue weighted by Crippen LogP contribution is 2.21. The van der Waals surface area contributed by atoms with E-state index in [1.165, 1.54) is 7.11 Å². The largest absolute Gasteiger partial charge is 0.469 e. The molecule has 0 saturated heterocycles. The predicted molar refractivity (Wildman–Crippen MR) is 177 cm³/mol. The topological polar surface area (TPSA) is 69.7 Å². The van der Waals surface area contributed by atoms with Crippen LogP contribution in [0.15, 0.2) is 12.7 Å². The summed E-state index contributed by atoms with van der Waals surface area (Å²) >= 11 is 0. The molecule has 0 aromatic heterocycles. The zero-order valence-electron chi connectivity index (χ0n) is 20.2. The molecule has 0 atom stereocenters. The van der Waals surface area contributed by atoms with Crippen molar-refractivity contribution in [2.75, 3.05) is 13.7 Å². The van der Waals surface area contributed by atoms with Gasteiger partial charge in [0.25, 0.3) is 0 Å². The molecule has 5 heteroatoms. The molecular formula is C32H80O5. The SMILES string of the molecule is C.C.C.C.C.C.C.C.C.C=CCOC(=O)C(C)(C)CC.CCC(C)(C)C(=O)OC.CCC(C)(C)C(C)=O. The van der Waals surface area contributed by atoms with Crippen molar-refractivity contribution < 1.29 is 23.9 Å². The summed E-state index contributed by atoms with van der Waals surface area (Å²) in [5.41, 5.74) is -0.766. The molecule has 0 bridgehead atoms. The minimum absolute atomic E-state index is 0. The number of ether oxygens (including phenoxy) is 2. The first-order chi connectivity index (χ1) is 12.6. The number of hydrogen-bond donors (Lipinski definition) is 0. The molecule has 0 aromatic rings. The van der Waals surface area contributed by atoms with E-state index in [2.05, 4.69) is 11.3 Å². The van der Waals surface area contributed by atoms with Gasteiger partial charge in [-0.25, -0.2) is 0 Å². The van der Waals surface area contributed by atoms with Gasteiger partial charge in [-0.3, -0.25) is 14.4 Å². The molecule has 238 valence electrons. The third kappa shape index (κ3) is 36.6. The quantitative estimate of drug-likeness (QED) is 0.224. The maximum Gasteiger partial charge on any atom is 0.311 e. The highest BCUT2D eigenvalue weighted by Gasteiger charge is 2.26. The molecule has 5 nitrogen and oxygen atoms in total. The zero-order chi connectivity index (χ0) is 23.2. The lowest BCUT2D eigenvalue weighted by Crippen LogP contribution is -2.25. The Labute approximate surface area is 239 Å². The zero-order valence-corrected chi connectivity index (χ0v) is 20.2. The summed E-state index contributed by atoms with van der Waals surface area (Å²) in [5.74, 6) is -0.00935. The Morgan fingerprint density at radius 3 is 1.03 bits per heavy atom. The number of rotatable bonds is 8. The van der Waals surface area contributed by atoms with Gasteiger partial charge in [-0.05, 0) is 53.9 Å². The van der Waals surface area contributed by atoms with Crippen molar-refractivity contribution in [2.24, 2.45) is 16.2 Å². The fourth-order valence-electron chi connectivity index (χ4n) is 1.14. The summed E-state index contributed by atoms with van der Waals surface area (Å²) in [6.07, 6.45) is 4.12. The van der Waals surface area contributed by atoms with Gasteiger partial charge in [-0.1, -0.05) is 114 Å². The molecule has 0 rings (SSSR count). The summed E-state index contributed by atoms with van der Waals surface area (Å²) in [6, 6.07) is 0. The van der Waals surface area contributed by atoms with Crippen LogP contribution in [0.25, 0.3) is 0 Å². The van der Waals surface area contributed by atoms with Gasteiger partial charge in [0.15, 0.2) is 0 Å². The Morgan fingerprint density at radius 2 is 0.892 bits per heavy atom. The van der Waals surface area contributed by atoms with Crippen molar-refractivity contribution >= 4 is 17.7 Å². The first-order valence-corrected chi connectivity index (χ1v) is 9.97. The molecule has 0 aliphatic carbocycles. The third-order valence-electron chi connectivity index (χ3n) is 5.23. The van der Waals surface area contributed by atoms with Gasteiger partial charge >= 0.3 is 11.9 Å². The Balaban J connectivity index is -0.0000000228. The first kappa shape index (κ1) is 76.5. The molecule has 37 heavy (non-hydrogen) atoms. The second-order valence-electron chi connectivity index (χ2n) is 8.65. The van der Waals surface area contributed by atoms with Gasteiger partial charge in [0.05, 0.1) is 17.9 Å². The normalized spacial score (nSPS) is 8.41. The maximum absolute atomic E-state index is 11.2. The van der Waals surface area contributed by atoms with Crippen molar-refractivity contribution in [1.82, 2.24) is 0 Å². The van der Waals surface area contributed by atoms with E-state index in [9.17, 15) is 14.4 Å². The predicted octanol–water partition coefficient (Wildman–Crippen LogP) is 11.5. The van der Waals surface area contributed by atoms with Crippen LogP contribution in [-0.2, 0) is 23.9 Å². The Kier molecular flexibility index (Phi) is 75.5. The molecule has 0 aliphatic heterocycles. The highest BCUT2D eigenvalue weighted by atomic mass is 16.5. The smallest absolute Gasteiger partial charge is 0.311 e. The van der Waals surface area contributed by atoms with Crippen LogP contribution in [0.5, 0.6) is 0 Å². The molecule has 0 fully saturated rings. The average Bonchev–Trinajstić information content (AvgIpc) is 2.65. The van der Waals surface area contributed by atoms with Crippen molar-refractivity contribution in [3.8, 4) is 0 Å². The molecule has 0 amide bonds. The summed E-state index contributed by atoms with van der Waals surface area (Å²) in [4.78, 5) is 32.7. The van der Waals surface area contributed by atoms with Crippen molar-refractivity contribution in [1.29, 1.82) is 0 Å². The lowest BCUT2D eigenvalue weighted by atomic mass is 9.86. The monoisotopic (exact) mass is 545 g/mol. The van der Waals surface area contributed by atoms with E-state index in [4.69, 9.17) is 4.74 Å². The molecule has 0 radical (unpaired) electrons. The Hall–Kier alpha value is -1.65. The summed E-state index contributed by atoms with van der Waals surface area (Å²) < 4.78 is 9.46. The molecule has 0 saturated carbocycles. The Bertz CT molecular complexity index is 489. The van der Waals surface area contributed by atoms with E-state index < -0.39 is 0 Å². The molecule has 0 heterocycles. The number of carbonyl (C=O) groups is 3. The van der Waals surface area contributed by atoms with E-state index in [0.29, 0.717) is 6.61 Å². The summed E-state index contributed by atoms with van der Waals surface area (Å²) in [7, 11) is 1.42. The van der Waals surface area contributed by atoms with Crippen LogP contribution < -0.4 is 0 Å². The number of esters is 2. The number of carbonyl (C=O) groups excluding carboxylic acids is 3. The van der Waals surface area contributed by atoms with Gasteiger partial charge < -0.3 is 9.47 Å². The fourth-order valence-corrected chi connectivity index (χ4v) is 1.14. The van der Waals surface area contributed by atoms with Crippen LogP contribution in [0.1, 0.15) is 155 Å². The average molecular weight is 545 g/mol. The van der Waals surface area contributed by atoms with Crippen LogP contribution in [0.4, 0.5) is 0 Å². The van der Waals surface area contributed by atoms with E-state index in [-0.39, 0.29) is 101 Å². The van der Waals surface area contributed by atoms with Crippen molar-refractivity contribution in [3.63, 3.8) is 0 Å². The first-order valence-electron chi connectivity index (χ1n) is 9.97. The molecular weight excluding hydrogens is 464 g/mol. The fraction of sp³-hybridized carbons (Fsp3) is 0.844. The molecule has 0 aromatic carbocycles. The standard InChI is InChI=1S/C9H16O2.C7H14O2.C7H14O.9CH4/c1-5-7-11-8(10)9(3,4)6-2;1-5-7(2,3)6(8)9-4;1-5-7(3,4)6(2)8;;;;;;;;;/h5H,1,6-7H2,2-4H3;5H2,1-4H3;5H2,1-4H3;9*1H4. The minimum Gasteiger partial charge on any atom is -0.469 e. The van der Waals surface area contributed by atoms with E-state index >= 15 is 0 Å². The molecule has 0 spiro atoms. The van der Waals surface area contributed by atoms with Crippen LogP contribution in [0.2, 0.25) is 0 Å². The van der Waals surface area contributed by atoms with Gasteiger partial charge in [0, 0.05) is 5.41 Å². The Morgan fingerprint density at radius 1 is 0.622 bits per heavy atom. The highest BCUT2D eigenvalue weighted by molar-refractivity contribution is 5.81. The van der Waals surface area contributed by atoms with Gasteiger partial charge in [0.1, 0.15) is 12.4 Å². The van der Waals surface area contributed by atoms with Gasteiger partial charge in [-0.15, -0.1) is 0 Å². The second kappa shape index (κ2) is 36.5. The minimum atomic E-state index is -0.358.